The van der Waals surface area contributed by atoms with E-state index in [4.69, 9.17) is 4.74 Å². The summed E-state index contributed by atoms with van der Waals surface area (Å²) in [7, 11) is 1.67. The normalized spacial score (nSPS) is 10.2. The van der Waals surface area contributed by atoms with E-state index in [9.17, 15) is 0 Å². The molecule has 0 fully saturated rings. The van der Waals surface area contributed by atoms with Gasteiger partial charge >= 0.3 is 0 Å². The van der Waals surface area contributed by atoms with E-state index in [2.05, 4.69) is 26.2 Å². The number of ether oxygens (including phenoxy) is 1. The van der Waals surface area contributed by atoms with Crippen LogP contribution in [0.3, 0.4) is 0 Å². The van der Waals surface area contributed by atoms with Crippen molar-refractivity contribution >= 4 is 21.7 Å². The summed E-state index contributed by atoms with van der Waals surface area (Å²) < 4.78 is 6.14. The topological polar surface area (TPSA) is 34.1 Å². The molecule has 1 aromatic carbocycles. The van der Waals surface area contributed by atoms with Gasteiger partial charge in [-0.15, -0.1) is 0 Å². The fourth-order valence-corrected chi connectivity index (χ4v) is 1.97. The highest BCUT2D eigenvalue weighted by atomic mass is 79.9. The second-order valence-corrected chi connectivity index (χ2v) is 4.79. The highest BCUT2D eigenvalue weighted by Crippen LogP contribution is 2.23. The van der Waals surface area contributed by atoms with Crippen molar-refractivity contribution in [3.8, 4) is 5.75 Å². The second-order valence-electron chi connectivity index (χ2n) is 3.99. The minimum Gasteiger partial charge on any atom is -0.497 e. The summed E-state index contributed by atoms with van der Waals surface area (Å²) in [6.45, 7) is 2.78. The lowest BCUT2D eigenvalue weighted by atomic mass is 10.2. The van der Waals surface area contributed by atoms with E-state index in [1.807, 2.05) is 37.3 Å². The molecule has 0 aliphatic heterocycles. The Hall–Kier alpha value is -1.55. The molecule has 1 aromatic heterocycles. The third-order valence-electron chi connectivity index (χ3n) is 2.70. The predicted octanol–water partition coefficient (Wildman–Crippen LogP) is 3.77. The molecule has 0 aliphatic rings. The first kappa shape index (κ1) is 12.9. The van der Waals surface area contributed by atoms with Gasteiger partial charge in [-0.1, -0.05) is 12.1 Å². The van der Waals surface area contributed by atoms with E-state index < -0.39 is 0 Å². The Morgan fingerprint density at radius 3 is 2.61 bits per heavy atom. The number of hydrogen-bond acceptors (Lipinski definition) is 3. The third kappa shape index (κ3) is 3.01. The summed E-state index contributed by atoms with van der Waals surface area (Å²) in [6, 6.07) is 9.96. The summed E-state index contributed by atoms with van der Waals surface area (Å²) in [5.41, 5.74) is 2.35. The molecule has 4 heteroatoms. The van der Waals surface area contributed by atoms with E-state index in [0.29, 0.717) is 0 Å². The number of hydrogen-bond donors (Lipinski definition) is 1. The van der Waals surface area contributed by atoms with Crippen LogP contribution in [0, 0.1) is 6.92 Å². The molecule has 3 nitrogen and oxygen atoms in total. The van der Waals surface area contributed by atoms with Crippen LogP contribution in [0.4, 0.5) is 5.82 Å². The Kier molecular flexibility index (Phi) is 4.20. The number of pyridine rings is 1. The average Bonchev–Trinajstić information content (AvgIpc) is 2.41. The van der Waals surface area contributed by atoms with E-state index in [1.165, 1.54) is 11.1 Å². The third-order valence-corrected chi connectivity index (χ3v) is 3.70. The first-order chi connectivity index (χ1) is 8.70. The van der Waals surface area contributed by atoms with Crippen LogP contribution >= 0.6 is 15.9 Å². The van der Waals surface area contributed by atoms with Crippen molar-refractivity contribution in [2.45, 2.75) is 13.5 Å². The Labute approximate surface area is 115 Å². The Morgan fingerprint density at radius 1 is 1.22 bits per heavy atom. The predicted molar refractivity (Wildman–Crippen MR) is 77.0 cm³/mol. The molecule has 0 saturated carbocycles. The largest absolute Gasteiger partial charge is 0.497 e. The lowest BCUT2D eigenvalue weighted by Crippen LogP contribution is -2.02. The van der Waals surface area contributed by atoms with Gasteiger partial charge in [0.1, 0.15) is 11.6 Å². The molecule has 94 valence electrons. The molecule has 0 amide bonds. The van der Waals surface area contributed by atoms with Gasteiger partial charge in [0, 0.05) is 12.7 Å². The Bertz CT molecular complexity index is 526. The molecule has 0 atom stereocenters. The molecule has 0 saturated heterocycles. The van der Waals surface area contributed by atoms with Crippen molar-refractivity contribution in [3.05, 3.63) is 52.1 Å². The molecule has 0 radical (unpaired) electrons. The van der Waals surface area contributed by atoms with Crippen LogP contribution in [0.2, 0.25) is 0 Å². The smallest absolute Gasteiger partial charge is 0.140 e. The molecule has 2 rings (SSSR count). The van der Waals surface area contributed by atoms with Crippen molar-refractivity contribution in [2.24, 2.45) is 0 Å². The van der Waals surface area contributed by atoms with Gasteiger partial charge in [0.2, 0.25) is 0 Å². The number of benzene rings is 1. The van der Waals surface area contributed by atoms with E-state index in [0.717, 1.165) is 22.6 Å². The first-order valence-corrected chi connectivity index (χ1v) is 6.48. The zero-order valence-electron chi connectivity index (χ0n) is 10.4. The van der Waals surface area contributed by atoms with Gasteiger partial charge in [0.25, 0.3) is 0 Å². The average molecular weight is 307 g/mol. The maximum absolute atomic E-state index is 5.13. The number of methoxy groups -OCH3 is 1. The molecule has 1 N–H and O–H groups in total. The quantitative estimate of drug-likeness (QED) is 0.933. The zero-order valence-corrected chi connectivity index (χ0v) is 12.0. The van der Waals surface area contributed by atoms with Crippen LogP contribution in [0.5, 0.6) is 5.75 Å². The van der Waals surface area contributed by atoms with Gasteiger partial charge in [-0.25, -0.2) is 4.98 Å². The van der Waals surface area contributed by atoms with E-state index in [1.54, 1.807) is 13.3 Å². The van der Waals surface area contributed by atoms with Crippen molar-refractivity contribution in [1.29, 1.82) is 0 Å². The second kappa shape index (κ2) is 5.87. The molecule has 1 heterocycles. The molecule has 0 aliphatic carbocycles. The lowest BCUT2D eigenvalue weighted by molar-refractivity contribution is 0.414. The van der Waals surface area contributed by atoms with Crippen LogP contribution in [0.25, 0.3) is 0 Å². The molecular weight excluding hydrogens is 292 g/mol. The fourth-order valence-electron chi connectivity index (χ4n) is 1.59. The van der Waals surface area contributed by atoms with Crippen molar-refractivity contribution in [2.75, 3.05) is 12.4 Å². The van der Waals surface area contributed by atoms with Crippen LogP contribution in [-0.4, -0.2) is 12.1 Å². The van der Waals surface area contributed by atoms with Crippen molar-refractivity contribution < 1.29 is 4.74 Å². The van der Waals surface area contributed by atoms with Crippen LogP contribution < -0.4 is 10.1 Å². The molecule has 2 aromatic rings. The lowest BCUT2D eigenvalue weighted by Gasteiger charge is -2.09. The minimum atomic E-state index is 0.735. The number of anilines is 1. The van der Waals surface area contributed by atoms with E-state index in [-0.39, 0.29) is 0 Å². The first-order valence-electron chi connectivity index (χ1n) is 5.68. The molecule has 18 heavy (non-hydrogen) atoms. The number of aryl methyl sites for hydroxylation is 1. The summed E-state index contributed by atoms with van der Waals surface area (Å²) in [5.74, 6) is 1.74. The van der Waals surface area contributed by atoms with Gasteiger partial charge in [-0.2, -0.15) is 0 Å². The van der Waals surface area contributed by atoms with Crippen molar-refractivity contribution in [3.63, 3.8) is 0 Å². The Morgan fingerprint density at radius 2 is 1.94 bits per heavy atom. The maximum atomic E-state index is 5.13. The number of aromatic nitrogens is 1. The molecule has 0 unspecified atom stereocenters. The highest BCUT2D eigenvalue weighted by molar-refractivity contribution is 9.10. The summed E-state index contributed by atoms with van der Waals surface area (Å²) >= 11 is 3.53. The number of nitrogens with zero attached hydrogens (tertiary/aromatic N) is 1. The standard InChI is InChI=1S/C14H15BrN2O/c1-10-7-8-16-14(13(10)15)17-9-11-3-5-12(18-2)6-4-11/h3-8H,9H2,1-2H3,(H,16,17). The van der Waals surface area contributed by atoms with Gasteiger partial charge in [0.15, 0.2) is 0 Å². The molecular formula is C14H15BrN2O. The maximum Gasteiger partial charge on any atom is 0.140 e. The van der Waals surface area contributed by atoms with Crippen LogP contribution in [-0.2, 0) is 6.54 Å². The van der Waals surface area contributed by atoms with Crippen molar-refractivity contribution in [1.82, 2.24) is 4.98 Å². The van der Waals surface area contributed by atoms with E-state index >= 15 is 0 Å². The fraction of sp³-hybridized carbons (Fsp3) is 0.214. The monoisotopic (exact) mass is 306 g/mol. The Balaban J connectivity index is 2.04. The van der Waals surface area contributed by atoms with Crippen LogP contribution in [0.15, 0.2) is 41.0 Å². The van der Waals surface area contributed by atoms with Gasteiger partial charge in [0.05, 0.1) is 11.6 Å². The summed E-state index contributed by atoms with van der Waals surface area (Å²) in [6.07, 6.45) is 1.80. The molecule has 0 bridgehead atoms. The molecule has 0 spiro atoms. The number of halogens is 1. The number of nitrogens with one attached hydrogen (secondary N) is 1. The van der Waals surface area contributed by atoms with Gasteiger partial charge < -0.3 is 10.1 Å². The minimum absolute atomic E-state index is 0.735. The summed E-state index contributed by atoms with van der Waals surface area (Å²) in [4.78, 5) is 4.31. The van der Waals surface area contributed by atoms with Gasteiger partial charge in [-0.3, -0.25) is 0 Å². The van der Waals surface area contributed by atoms with Crippen LogP contribution in [0.1, 0.15) is 11.1 Å². The zero-order chi connectivity index (χ0) is 13.0. The van der Waals surface area contributed by atoms with Gasteiger partial charge in [-0.05, 0) is 52.2 Å². The highest BCUT2D eigenvalue weighted by Gasteiger charge is 2.03. The number of rotatable bonds is 4. The summed E-state index contributed by atoms with van der Waals surface area (Å²) in [5, 5.41) is 3.31. The SMILES string of the molecule is COc1ccc(CNc2nccc(C)c2Br)cc1.